The number of rotatable bonds is 3. The van der Waals surface area contributed by atoms with E-state index in [0.717, 1.165) is 41.7 Å². The van der Waals surface area contributed by atoms with Crippen LogP contribution in [-0.4, -0.2) is 12.1 Å². The van der Waals surface area contributed by atoms with Crippen molar-refractivity contribution in [1.29, 1.82) is 0 Å². The Hall–Kier alpha value is -0.0400. The molecule has 0 heterocycles. The normalized spacial score (nSPS) is 49.5. The Bertz CT molecular complexity index is 277. The van der Waals surface area contributed by atoms with E-state index < -0.39 is 0 Å². The average Bonchev–Trinajstić information content (AvgIpc) is 2.96. The fourth-order valence-electron chi connectivity index (χ4n) is 5.34. The number of hydrogen-bond acceptors (Lipinski definition) is 1. The molecule has 3 aliphatic rings. The first-order chi connectivity index (χ1) is 8.65. The van der Waals surface area contributed by atoms with Gasteiger partial charge in [-0.15, -0.1) is 0 Å². The van der Waals surface area contributed by atoms with Gasteiger partial charge in [-0.1, -0.05) is 26.7 Å². The molecule has 0 aromatic rings. The van der Waals surface area contributed by atoms with E-state index in [1.165, 1.54) is 38.5 Å². The Balaban J connectivity index is 1.58. The fraction of sp³-hybridized carbons (Fsp3) is 1.00. The van der Waals surface area contributed by atoms with Crippen molar-refractivity contribution in [2.24, 2.45) is 29.6 Å². The van der Waals surface area contributed by atoms with E-state index >= 15 is 0 Å². The quantitative estimate of drug-likeness (QED) is 0.789. The van der Waals surface area contributed by atoms with Crippen molar-refractivity contribution in [2.45, 2.75) is 77.8 Å². The molecular weight excluding hydrogens is 218 g/mol. The first-order valence-electron chi connectivity index (χ1n) is 8.41. The maximum Gasteiger partial charge on any atom is 0.0121 e. The predicted octanol–water partition coefficient (Wildman–Crippen LogP) is 4.23. The lowest BCUT2D eigenvalue weighted by molar-refractivity contribution is 0.160. The van der Waals surface area contributed by atoms with Gasteiger partial charge in [0.1, 0.15) is 0 Å². The van der Waals surface area contributed by atoms with Gasteiger partial charge >= 0.3 is 0 Å². The van der Waals surface area contributed by atoms with Gasteiger partial charge in [0, 0.05) is 12.1 Å². The average molecular weight is 249 g/mol. The molecule has 0 spiro atoms. The van der Waals surface area contributed by atoms with Crippen LogP contribution in [0.4, 0.5) is 0 Å². The van der Waals surface area contributed by atoms with Crippen LogP contribution in [-0.2, 0) is 0 Å². The molecule has 18 heavy (non-hydrogen) atoms. The highest BCUT2D eigenvalue weighted by atomic mass is 15.0. The van der Waals surface area contributed by atoms with Gasteiger partial charge in [-0.25, -0.2) is 0 Å². The number of nitrogens with one attached hydrogen (secondary N) is 1. The summed E-state index contributed by atoms with van der Waals surface area (Å²) in [5.74, 6) is 4.91. The minimum absolute atomic E-state index is 0.758. The first-order valence-corrected chi connectivity index (χ1v) is 8.41. The fourth-order valence-corrected chi connectivity index (χ4v) is 5.34. The standard InChI is InChI=1S/C17H31N/c1-11-5-4-6-12(2)17(11)18-13(3)16-10-14-7-8-15(16)9-14/h11-18H,4-10H2,1-3H3. The summed E-state index contributed by atoms with van der Waals surface area (Å²) in [7, 11) is 0. The maximum atomic E-state index is 4.05. The number of hydrogen-bond donors (Lipinski definition) is 1. The van der Waals surface area contributed by atoms with Gasteiger partial charge in [-0.2, -0.15) is 0 Å². The summed E-state index contributed by atoms with van der Waals surface area (Å²) >= 11 is 0. The second-order valence-corrected chi connectivity index (χ2v) is 7.71. The second kappa shape index (κ2) is 5.15. The molecule has 0 aromatic carbocycles. The molecule has 3 saturated carbocycles. The Morgan fingerprint density at radius 3 is 2.22 bits per heavy atom. The highest BCUT2D eigenvalue weighted by Gasteiger charge is 2.42. The summed E-state index contributed by atoms with van der Waals surface area (Å²) in [6, 6.07) is 1.54. The van der Waals surface area contributed by atoms with E-state index in [2.05, 4.69) is 26.1 Å². The largest absolute Gasteiger partial charge is 0.311 e. The van der Waals surface area contributed by atoms with Crippen LogP contribution in [0.15, 0.2) is 0 Å². The molecule has 104 valence electrons. The maximum absolute atomic E-state index is 4.05. The molecule has 0 aliphatic heterocycles. The van der Waals surface area contributed by atoms with Crippen molar-refractivity contribution in [3.63, 3.8) is 0 Å². The van der Waals surface area contributed by atoms with Gasteiger partial charge in [-0.3, -0.25) is 0 Å². The third kappa shape index (κ3) is 2.35. The minimum Gasteiger partial charge on any atom is -0.311 e. The molecule has 0 amide bonds. The van der Waals surface area contributed by atoms with Crippen molar-refractivity contribution in [1.82, 2.24) is 5.32 Å². The zero-order chi connectivity index (χ0) is 12.7. The number of fused-ring (bicyclic) bond motifs is 2. The summed E-state index contributed by atoms with van der Waals surface area (Å²) in [4.78, 5) is 0. The van der Waals surface area contributed by atoms with Crippen LogP contribution >= 0.6 is 0 Å². The van der Waals surface area contributed by atoms with Crippen LogP contribution < -0.4 is 5.32 Å². The topological polar surface area (TPSA) is 12.0 Å². The minimum atomic E-state index is 0.758. The molecule has 3 fully saturated rings. The Labute approximate surface area is 113 Å². The van der Waals surface area contributed by atoms with Crippen LogP contribution in [0, 0.1) is 29.6 Å². The van der Waals surface area contributed by atoms with Gasteiger partial charge in [0.15, 0.2) is 0 Å². The highest BCUT2D eigenvalue weighted by Crippen LogP contribution is 2.49. The van der Waals surface area contributed by atoms with Crippen LogP contribution in [0.25, 0.3) is 0 Å². The lowest BCUT2D eigenvalue weighted by Crippen LogP contribution is -2.49. The molecule has 0 radical (unpaired) electrons. The molecule has 6 atom stereocenters. The molecule has 2 bridgehead atoms. The second-order valence-electron chi connectivity index (χ2n) is 7.71. The van der Waals surface area contributed by atoms with Gasteiger partial charge in [0.25, 0.3) is 0 Å². The van der Waals surface area contributed by atoms with Crippen molar-refractivity contribution in [3.05, 3.63) is 0 Å². The van der Waals surface area contributed by atoms with Crippen LogP contribution in [0.2, 0.25) is 0 Å². The monoisotopic (exact) mass is 249 g/mol. The summed E-state index contributed by atoms with van der Waals surface area (Å²) in [6.07, 6.45) is 10.4. The Morgan fingerprint density at radius 1 is 0.944 bits per heavy atom. The van der Waals surface area contributed by atoms with Crippen molar-refractivity contribution < 1.29 is 0 Å². The van der Waals surface area contributed by atoms with E-state index in [9.17, 15) is 0 Å². The first kappa shape index (κ1) is 13.0. The summed E-state index contributed by atoms with van der Waals surface area (Å²) in [6.45, 7) is 7.39. The van der Waals surface area contributed by atoms with Crippen molar-refractivity contribution >= 4 is 0 Å². The Morgan fingerprint density at radius 2 is 1.67 bits per heavy atom. The molecule has 1 heteroatoms. The Kier molecular flexibility index (Phi) is 3.71. The molecule has 1 nitrogen and oxygen atoms in total. The molecule has 3 rings (SSSR count). The molecule has 0 aromatic heterocycles. The van der Waals surface area contributed by atoms with Crippen LogP contribution in [0.1, 0.15) is 65.7 Å². The highest BCUT2D eigenvalue weighted by molar-refractivity contribution is 4.96. The summed E-state index contributed by atoms with van der Waals surface area (Å²) in [5.41, 5.74) is 0. The van der Waals surface area contributed by atoms with Crippen LogP contribution in [0.5, 0.6) is 0 Å². The lowest BCUT2D eigenvalue weighted by Gasteiger charge is -2.40. The summed E-state index contributed by atoms with van der Waals surface area (Å²) < 4.78 is 0. The molecule has 3 aliphatic carbocycles. The molecule has 6 unspecified atom stereocenters. The zero-order valence-corrected chi connectivity index (χ0v) is 12.5. The van der Waals surface area contributed by atoms with E-state index in [-0.39, 0.29) is 0 Å². The summed E-state index contributed by atoms with van der Waals surface area (Å²) in [5, 5.41) is 4.05. The molecule has 0 saturated heterocycles. The van der Waals surface area contributed by atoms with Crippen LogP contribution in [0.3, 0.4) is 0 Å². The molecular formula is C17H31N. The van der Waals surface area contributed by atoms with Crippen molar-refractivity contribution in [3.8, 4) is 0 Å². The van der Waals surface area contributed by atoms with E-state index in [4.69, 9.17) is 0 Å². The SMILES string of the molecule is CC1CCCC(C)C1NC(C)C1CC2CCC1C2. The smallest absolute Gasteiger partial charge is 0.0121 e. The van der Waals surface area contributed by atoms with E-state index in [0.29, 0.717) is 0 Å². The zero-order valence-electron chi connectivity index (χ0n) is 12.5. The molecule has 1 N–H and O–H groups in total. The van der Waals surface area contributed by atoms with Gasteiger partial charge in [0.05, 0.1) is 0 Å². The van der Waals surface area contributed by atoms with E-state index in [1.54, 1.807) is 6.42 Å². The van der Waals surface area contributed by atoms with Crippen molar-refractivity contribution in [2.75, 3.05) is 0 Å². The van der Waals surface area contributed by atoms with E-state index in [1.807, 2.05) is 0 Å². The third-order valence-electron chi connectivity index (χ3n) is 6.44. The lowest BCUT2D eigenvalue weighted by atomic mass is 9.77. The van der Waals surface area contributed by atoms with Gasteiger partial charge in [0.2, 0.25) is 0 Å². The van der Waals surface area contributed by atoms with Gasteiger partial charge in [-0.05, 0) is 68.6 Å². The predicted molar refractivity (Wildman–Crippen MR) is 77.5 cm³/mol. The van der Waals surface area contributed by atoms with Gasteiger partial charge < -0.3 is 5.32 Å². The third-order valence-corrected chi connectivity index (χ3v) is 6.44.